The molecule has 2 heterocycles. The van der Waals surface area contributed by atoms with Crippen molar-refractivity contribution in [2.75, 3.05) is 25.1 Å². The number of nitrogens with one attached hydrogen (secondary N) is 1. The van der Waals surface area contributed by atoms with Crippen molar-refractivity contribution in [2.45, 2.75) is 19.9 Å². The molecule has 1 aliphatic heterocycles. The quantitative estimate of drug-likeness (QED) is 0.699. The molecule has 3 aromatic rings. The summed E-state index contributed by atoms with van der Waals surface area (Å²) in [6, 6.07) is 15.3. The Morgan fingerprint density at radius 2 is 1.97 bits per heavy atom. The van der Waals surface area contributed by atoms with Gasteiger partial charge in [0.1, 0.15) is 11.6 Å². The summed E-state index contributed by atoms with van der Waals surface area (Å²) in [5.41, 5.74) is 2.71. The Kier molecular flexibility index (Phi) is 5.20. The number of para-hydroxylation sites is 4. The Bertz CT molecular complexity index is 1060. The first-order chi connectivity index (χ1) is 14.1. The van der Waals surface area contributed by atoms with Crippen LogP contribution in [0.25, 0.3) is 11.0 Å². The number of aryl methyl sites for hydroxylation is 1. The monoisotopic (exact) mass is 392 g/mol. The normalized spacial score (nSPS) is 16.4. The Hall–Kier alpha value is -3.35. The molecular formula is C22H24N4O3. The predicted octanol–water partition coefficient (Wildman–Crippen LogP) is 2.52. The van der Waals surface area contributed by atoms with Crippen LogP contribution in [0.4, 0.5) is 5.69 Å². The zero-order valence-corrected chi connectivity index (χ0v) is 16.6. The average molecular weight is 392 g/mol. The molecule has 1 aliphatic rings. The number of hydrogen-bond donors (Lipinski definition) is 1. The van der Waals surface area contributed by atoms with Gasteiger partial charge in [-0.25, -0.2) is 4.98 Å². The molecule has 150 valence electrons. The molecule has 7 heteroatoms. The van der Waals surface area contributed by atoms with Gasteiger partial charge in [-0.15, -0.1) is 0 Å². The van der Waals surface area contributed by atoms with Crippen LogP contribution in [-0.4, -0.2) is 41.6 Å². The highest BCUT2D eigenvalue weighted by Gasteiger charge is 2.36. The van der Waals surface area contributed by atoms with Crippen LogP contribution in [0.3, 0.4) is 0 Å². The molecule has 0 spiro atoms. The van der Waals surface area contributed by atoms with Gasteiger partial charge in [0.15, 0.2) is 0 Å². The number of imidazole rings is 1. The predicted molar refractivity (Wildman–Crippen MR) is 111 cm³/mol. The van der Waals surface area contributed by atoms with Crippen molar-refractivity contribution in [2.24, 2.45) is 5.92 Å². The number of methoxy groups -OCH3 is 1. The number of rotatable bonds is 6. The second kappa shape index (κ2) is 7.95. The third kappa shape index (κ3) is 3.68. The first-order valence-electron chi connectivity index (χ1n) is 9.71. The van der Waals surface area contributed by atoms with Gasteiger partial charge >= 0.3 is 0 Å². The lowest BCUT2D eigenvalue weighted by Gasteiger charge is -2.19. The van der Waals surface area contributed by atoms with Gasteiger partial charge in [0, 0.05) is 26.1 Å². The zero-order chi connectivity index (χ0) is 20.4. The van der Waals surface area contributed by atoms with E-state index in [1.807, 2.05) is 55.5 Å². The van der Waals surface area contributed by atoms with Crippen molar-refractivity contribution < 1.29 is 14.3 Å². The van der Waals surface area contributed by atoms with Gasteiger partial charge in [0.2, 0.25) is 11.8 Å². The summed E-state index contributed by atoms with van der Waals surface area (Å²) < 4.78 is 7.45. The fourth-order valence-electron chi connectivity index (χ4n) is 3.88. The molecule has 1 atom stereocenters. The van der Waals surface area contributed by atoms with Crippen LogP contribution in [0.1, 0.15) is 12.2 Å². The van der Waals surface area contributed by atoms with Crippen molar-refractivity contribution in [3.8, 4) is 5.75 Å². The largest absolute Gasteiger partial charge is 0.495 e. The van der Waals surface area contributed by atoms with Gasteiger partial charge in [-0.3, -0.25) is 9.59 Å². The van der Waals surface area contributed by atoms with E-state index in [1.165, 1.54) is 0 Å². The minimum atomic E-state index is -0.368. The number of amides is 2. The smallest absolute Gasteiger partial charge is 0.227 e. The van der Waals surface area contributed by atoms with Gasteiger partial charge in [0.25, 0.3) is 0 Å². The van der Waals surface area contributed by atoms with E-state index in [-0.39, 0.29) is 24.2 Å². The number of nitrogens with zero attached hydrogens (tertiary/aromatic N) is 3. The molecule has 1 saturated heterocycles. The minimum Gasteiger partial charge on any atom is -0.495 e. The average Bonchev–Trinajstić information content (AvgIpc) is 3.27. The SMILES string of the molecule is COc1ccccc1N1C[C@@H](C(=O)NCCn2c(C)nc3ccccc32)CC1=O. The van der Waals surface area contributed by atoms with E-state index in [1.54, 1.807) is 12.0 Å². The fourth-order valence-corrected chi connectivity index (χ4v) is 3.88. The number of aromatic nitrogens is 2. The molecule has 7 nitrogen and oxygen atoms in total. The van der Waals surface area contributed by atoms with E-state index in [0.717, 1.165) is 16.9 Å². The molecule has 0 unspecified atom stereocenters. The van der Waals surface area contributed by atoms with Gasteiger partial charge in [-0.2, -0.15) is 0 Å². The van der Waals surface area contributed by atoms with E-state index in [9.17, 15) is 9.59 Å². The van der Waals surface area contributed by atoms with Crippen LogP contribution in [0, 0.1) is 12.8 Å². The highest BCUT2D eigenvalue weighted by Crippen LogP contribution is 2.32. The van der Waals surface area contributed by atoms with Crippen LogP contribution in [0.2, 0.25) is 0 Å². The molecule has 0 radical (unpaired) electrons. The van der Waals surface area contributed by atoms with Gasteiger partial charge in [-0.05, 0) is 31.2 Å². The number of benzene rings is 2. The number of anilines is 1. The highest BCUT2D eigenvalue weighted by atomic mass is 16.5. The third-order valence-corrected chi connectivity index (χ3v) is 5.35. The maximum Gasteiger partial charge on any atom is 0.227 e. The molecular weight excluding hydrogens is 368 g/mol. The van der Waals surface area contributed by atoms with E-state index < -0.39 is 0 Å². The summed E-state index contributed by atoms with van der Waals surface area (Å²) in [7, 11) is 1.57. The number of carbonyl (C=O) groups excluding carboxylic acids is 2. The Labute approximate surface area is 169 Å². The Morgan fingerprint density at radius 1 is 1.21 bits per heavy atom. The maximum atomic E-state index is 12.7. The lowest BCUT2D eigenvalue weighted by Crippen LogP contribution is -2.35. The molecule has 4 rings (SSSR count). The second-order valence-electron chi connectivity index (χ2n) is 7.17. The van der Waals surface area contributed by atoms with Crippen molar-refractivity contribution >= 4 is 28.5 Å². The van der Waals surface area contributed by atoms with Crippen molar-refractivity contribution in [1.29, 1.82) is 0 Å². The van der Waals surface area contributed by atoms with Crippen molar-refractivity contribution in [3.05, 3.63) is 54.4 Å². The first-order valence-corrected chi connectivity index (χ1v) is 9.71. The summed E-state index contributed by atoms with van der Waals surface area (Å²) in [4.78, 5) is 31.3. The summed E-state index contributed by atoms with van der Waals surface area (Å²) in [6.45, 7) is 3.44. The molecule has 29 heavy (non-hydrogen) atoms. The van der Waals surface area contributed by atoms with Crippen molar-refractivity contribution in [1.82, 2.24) is 14.9 Å². The van der Waals surface area contributed by atoms with Crippen LogP contribution in [0.15, 0.2) is 48.5 Å². The van der Waals surface area contributed by atoms with Crippen LogP contribution in [-0.2, 0) is 16.1 Å². The maximum absolute atomic E-state index is 12.7. The van der Waals surface area contributed by atoms with Gasteiger partial charge in [0.05, 0.1) is 29.7 Å². The topological polar surface area (TPSA) is 76.5 Å². The molecule has 0 aliphatic carbocycles. The number of hydrogen-bond acceptors (Lipinski definition) is 4. The molecule has 1 fully saturated rings. The lowest BCUT2D eigenvalue weighted by atomic mass is 10.1. The summed E-state index contributed by atoms with van der Waals surface area (Å²) in [6.07, 6.45) is 0.205. The number of fused-ring (bicyclic) bond motifs is 1. The summed E-state index contributed by atoms with van der Waals surface area (Å²) in [5, 5.41) is 2.98. The Morgan fingerprint density at radius 3 is 2.79 bits per heavy atom. The molecule has 1 N–H and O–H groups in total. The number of carbonyl (C=O) groups is 2. The Balaban J connectivity index is 1.38. The van der Waals surface area contributed by atoms with Gasteiger partial charge in [-0.1, -0.05) is 24.3 Å². The zero-order valence-electron chi connectivity index (χ0n) is 16.6. The molecule has 0 bridgehead atoms. The van der Waals surface area contributed by atoms with Crippen LogP contribution < -0.4 is 15.0 Å². The highest BCUT2D eigenvalue weighted by molar-refractivity contribution is 6.01. The fraction of sp³-hybridized carbons (Fsp3) is 0.318. The summed E-state index contributed by atoms with van der Waals surface area (Å²) in [5.74, 6) is 1.01. The lowest BCUT2D eigenvalue weighted by molar-refractivity contribution is -0.126. The number of ether oxygens (including phenoxy) is 1. The van der Waals surface area contributed by atoms with E-state index in [0.29, 0.717) is 31.1 Å². The molecule has 2 aromatic carbocycles. The molecule has 0 saturated carbocycles. The first kappa shape index (κ1) is 19.0. The third-order valence-electron chi connectivity index (χ3n) is 5.35. The molecule has 2 amide bonds. The summed E-state index contributed by atoms with van der Waals surface area (Å²) >= 11 is 0. The van der Waals surface area contributed by atoms with Gasteiger partial charge < -0.3 is 19.5 Å². The standard InChI is InChI=1S/C22H24N4O3/c1-15-24-17-7-3-4-8-18(17)25(15)12-11-23-22(28)16-13-21(27)26(14-16)19-9-5-6-10-20(19)29-2/h3-10,16H,11-14H2,1-2H3,(H,23,28)/t16-/m0/s1. The van der Waals surface area contributed by atoms with E-state index >= 15 is 0 Å². The van der Waals surface area contributed by atoms with Crippen molar-refractivity contribution in [3.63, 3.8) is 0 Å². The molecule has 1 aromatic heterocycles. The van der Waals surface area contributed by atoms with E-state index in [4.69, 9.17) is 4.74 Å². The van der Waals surface area contributed by atoms with Crippen LogP contribution in [0.5, 0.6) is 5.75 Å². The second-order valence-corrected chi connectivity index (χ2v) is 7.17. The van der Waals surface area contributed by atoms with Crippen LogP contribution >= 0.6 is 0 Å². The minimum absolute atomic E-state index is 0.0638. The van der Waals surface area contributed by atoms with E-state index in [2.05, 4.69) is 14.9 Å².